The van der Waals surface area contributed by atoms with Crippen LogP contribution in [0, 0.1) is 6.92 Å². The average molecular weight is 274 g/mol. The minimum Gasteiger partial charge on any atom is -0.377 e. The van der Waals surface area contributed by atoms with Crippen molar-refractivity contribution in [2.75, 3.05) is 24.8 Å². The number of methoxy groups -OCH3 is 1. The maximum Gasteiger partial charge on any atom is 0.158 e. The van der Waals surface area contributed by atoms with E-state index in [1.807, 2.05) is 20.0 Å². The first-order chi connectivity index (χ1) is 9.71. The summed E-state index contributed by atoms with van der Waals surface area (Å²) >= 11 is 0. The third-order valence-electron chi connectivity index (χ3n) is 2.59. The van der Waals surface area contributed by atoms with Crippen LogP contribution in [0.5, 0.6) is 0 Å². The highest BCUT2D eigenvalue weighted by molar-refractivity contribution is 5.47. The van der Waals surface area contributed by atoms with Crippen LogP contribution in [0.15, 0.2) is 18.5 Å². The number of hydrogen-bond acceptors (Lipinski definition) is 7. The summed E-state index contributed by atoms with van der Waals surface area (Å²) in [6, 6.07) is 1.83. The van der Waals surface area contributed by atoms with Crippen molar-refractivity contribution in [3.8, 4) is 0 Å². The maximum atomic E-state index is 5.06. The van der Waals surface area contributed by atoms with Gasteiger partial charge in [0.2, 0.25) is 0 Å². The molecule has 0 saturated carbocycles. The Kier molecular flexibility index (Phi) is 4.78. The third kappa shape index (κ3) is 3.86. The van der Waals surface area contributed by atoms with Crippen molar-refractivity contribution in [1.29, 1.82) is 0 Å². The number of anilines is 2. The predicted molar refractivity (Wildman–Crippen MR) is 76.4 cm³/mol. The molecule has 0 spiro atoms. The van der Waals surface area contributed by atoms with E-state index in [1.165, 1.54) is 0 Å². The van der Waals surface area contributed by atoms with Crippen LogP contribution >= 0.6 is 0 Å². The Morgan fingerprint density at radius 1 is 1.15 bits per heavy atom. The van der Waals surface area contributed by atoms with E-state index in [2.05, 4.69) is 30.6 Å². The zero-order valence-corrected chi connectivity index (χ0v) is 11.8. The van der Waals surface area contributed by atoms with Gasteiger partial charge in [-0.1, -0.05) is 0 Å². The summed E-state index contributed by atoms with van der Waals surface area (Å²) in [6.07, 6.45) is 3.49. The van der Waals surface area contributed by atoms with Crippen LogP contribution in [0.25, 0.3) is 0 Å². The van der Waals surface area contributed by atoms with Crippen molar-refractivity contribution >= 4 is 11.6 Å². The van der Waals surface area contributed by atoms with E-state index < -0.39 is 0 Å². The molecule has 0 aliphatic heterocycles. The molecule has 20 heavy (non-hydrogen) atoms. The molecule has 0 radical (unpaired) electrons. The van der Waals surface area contributed by atoms with Crippen molar-refractivity contribution < 1.29 is 4.74 Å². The van der Waals surface area contributed by atoms with Gasteiger partial charge in [-0.15, -0.1) is 0 Å². The molecule has 106 valence electrons. The molecule has 0 aliphatic rings. The summed E-state index contributed by atoms with van der Waals surface area (Å²) in [6.45, 7) is 2.83. The van der Waals surface area contributed by atoms with Crippen LogP contribution < -0.4 is 10.6 Å². The Morgan fingerprint density at radius 3 is 2.60 bits per heavy atom. The highest BCUT2D eigenvalue weighted by atomic mass is 16.5. The van der Waals surface area contributed by atoms with Gasteiger partial charge in [-0.2, -0.15) is 0 Å². The Morgan fingerprint density at radius 2 is 1.95 bits per heavy atom. The molecule has 2 rings (SSSR count). The zero-order chi connectivity index (χ0) is 14.4. The zero-order valence-electron chi connectivity index (χ0n) is 11.8. The molecule has 0 saturated heterocycles. The highest BCUT2D eigenvalue weighted by Crippen LogP contribution is 2.12. The first-order valence-corrected chi connectivity index (χ1v) is 6.27. The van der Waals surface area contributed by atoms with Crippen LogP contribution in [-0.2, 0) is 17.9 Å². The van der Waals surface area contributed by atoms with Gasteiger partial charge >= 0.3 is 0 Å². The first-order valence-electron chi connectivity index (χ1n) is 6.27. The van der Waals surface area contributed by atoms with E-state index >= 15 is 0 Å². The van der Waals surface area contributed by atoms with Gasteiger partial charge in [0.05, 0.1) is 24.1 Å². The van der Waals surface area contributed by atoms with Gasteiger partial charge in [0.25, 0.3) is 0 Å². The molecule has 0 unspecified atom stereocenters. The minimum atomic E-state index is 0.370. The standard InChI is InChI=1S/C13H18N6O/c1-9-5-16-10(6-15-9)7-17-12-4-11(14-2)18-13(19-12)8-20-3/h4-6H,7-8H2,1-3H3,(H2,14,17,18,19). The van der Waals surface area contributed by atoms with Crippen LogP contribution in [0.3, 0.4) is 0 Å². The Labute approximate surface area is 117 Å². The maximum absolute atomic E-state index is 5.06. The second-order valence-corrected chi connectivity index (χ2v) is 4.24. The lowest BCUT2D eigenvalue weighted by Gasteiger charge is -2.09. The van der Waals surface area contributed by atoms with Crippen molar-refractivity contribution in [3.63, 3.8) is 0 Å². The molecule has 7 heteroatoms. The summed E-state index contributed by atoms with van der Waals surface area (Å²) in [5.74, 6) is 2.08. The molecule has 0 fully saturated rings. The van der Waals surface area contributed by atoms with E-state index in [1.54, 1.807) is 19.5 Å². The number of hydrogen-bond donors (Lipinski definition) is 2. The quantitative estimate of drug-likeness (QED) is 0.823. The lowest BCUT2D eigenvalue weighted by atomic mass is 10.4. The summed E-state index contributed by atoms with van der Waals surface area (Å²) in [5, 5.41) is 6.20. The molecule has 2 aromatic heterocycles. The van der Waals surface area contributed by atoms with E-state index in [4.69, 9.17) is 4.74 Å². The molecule has 0 atom stereocenters. The Bertz CT molecular complexity index is 557. The van der Waals surface area contributed by atoms with Gasteiger partial charge in [-0.25, -0.2) is 9.97 Å². The minimum absolute atomic E-state index is 0.370. The van der Waals surface area contributed by atoms with Gasteiger partial charge in [0, 0.05) is 26.4 Å². The summed E-state index contributed by atoms with van der Waals surface area (Å²) in [4.78, 5) is 17.2. The number of rotatable bonds is 6. The lowest BCUT2D eigenvalue weighted by Crippen LogP contribution is -2.08. The van der Waals surface area contributed by atoms with Gasteiger partial charge in [0.15, 0.2) is 5.82 Å². The van der Waals surface area contributed by atoms with Gasteiger partial charge in [0.1, 0.15) is 18.2 Å². The van der Waals surface area contributed by atoms with Crippen LogP contribution in [0.1, 0.15) is 17.2 Å². The predicted octanol–water partition coefficient (Wildman–Crippen LogP) is 1.38. The van der Waals surface area contributed by atoms with Crippen molar-refractivity contribution in [2.45, 2.75) is 20.1 Å². The number of nitrogens with one attached hydrogen (secondary N) is 2. The number of nitrogens with zero attached hydrogens (tertiary/aromatic N) is 4. The molecule has 2 N–H and O–H groups in total. The molecule has 7 nitrogen and oxygen atoms in total. The fourth-order valence-electron chi connectivity index (χ4n) is 1.60. The van der Waals surface area contributed by atoms with Crippen LogP contribution in [-0.4, -0.2) is 34.1 Å². The number of ether oxygens (including phenoxy) is 1. The summed E-state index contributed by atoms with van der Waals surface area (Å²) in [5.41, 5.74) is 1.75. The van der Waals surface area contributed by atoms with E-state index in [9.17, 15) is 0 Å². The van der Waals surface area contributed by atoms with Crippen LogP contribution in [0.2, 0.25) is 0 Å². The number of aromatic nitrogens is 4. The van der Waals surface area contributed by atoms with Crippen molar-refractivity contribution in [2.24, 2.45) is 0 Å². The topological polar surface area (TPSA) is 84.9 Å². The molecule has 2 aromatic rings. The van der Waals surface area contributed by atoms with Crippen LogP contribution in [0.4, 0.5) is 11.6 Å². The van der Waals surface area contributed by atoms with E-state index in [0.29, 0.717) is 19.0 Å². The summed E-state index contributed by atoms with van der Waals surface area (Å²) in [7, 11) is 3.43. The highest BCUT2D eigenvalue weighted by Gasteiger charge is 2.04. The molecule has 0 amide bonds. The molecular formula is C13H18N6O. The monoisotopic (exact) mass is 274 g/mol. The lowest BCUT2D eigenvalue weighted by molar-refractivity contribution is 0.178. The Hall–Kier alpha value is -2.28. The number of aryl methyl sites for hydroxylation is 1. The fraction of sp³-hybridized carbons (Fsp3) is 0.385. The SMILES string of the molecule is CNc1cc(NCc2cnc(C)cn2)nc(COC)n1. The normalized spacial score (nSPS) is 10.3. The van der Waals surface area contributed by atoms with Crippen molar-refractivity contribution in [1.82, 2.24) is 19.9 Å². The first kappa shape index (κ1) is 14.1. The second kappa shape index (κ2) is 6.76. The van der Waals surface area contributed by atoms with E-state index in [-0.39, 0.29) is 0 Å². The van der Waals surface area contributed by atoms with Gasteiger partial charge in [-0.3, -0.25) is 9.97 Å². The smallest absolute Gasteiger partial charge is 0.158 e. The molecule has 2 heterocycles. The molecule has 0 aromatic carbocycles. The Balaban J connectivity index is 2.07. The van der Waals surface area contributed by atoms with Gasteiger partial charge < -0.3 is 15.4 Å². The average Bonchev–Trinajstić information content (AvgIpc) is 2.47. The second-order valence-electron chi connectivity index (χ2n) is 4.24. The molecule has 0 bridgehead atoms. The fourth-order valence-corrected chi connectivity index (χ4v) is 1.60. The van der Waals surface area contributed by atoms with Crippen molar-refractivity contribution in [3.05, 3.63) is 35.7 Å². The molecular weight excluding hydrogens is 256 g/mol. The largest absolute Gasteiger partial charge is 0.377 e. The third-order valence-corrected chi connectivity index (χ3v) is 2.59. The summed E-state index contributed by atoms with van der Waals surface area (Å²) < 4.78 is 5.06. The molecule has 0 aliphatic carbocycles. The van der Waals surface area contributed by atoms with E-state index in [0.717, 1.165) is 23.0 Å². The van der Waals surface area contributed by atoms with Gasteiger partial charge in [-0.05, 0) is 6.92 Å².